The quantitative estimate of drug-likeness (QED) is 0.548. The van der Waals surface area contributed by atoms with Gasteiger partial charge in [0.1, 0.15) is 10.9 Å². The molecule has 0 bridgehead atoms. The molecule has 2 aliphatic rings. The zero-order valence-corrected chi connectivity index (χ0v) is 20.8. The molecule has 34 heavy (non-hydrogen) atoms. The zero-order chi connectivity index (χ0) is 24.1. The van der Waals surface area contributed by atoms with Crippen LogP contribution >= 0.6 is 23.2 Å². The predicted octanol–water partition coefficient (Wildman–Crippen LogP) is 4.25. The summed E-state index contributed by atoms with van der Waals surface area (Å²) >= 11 is 12.3. The molecule has 0 saturated carbocycles. The molecule has 0 aliphatic carbocycles. The fraction of sp³-hybridized carbons (Fsp3) is 0.480. The van der Waals surface area contributed by atoms with Crippen molar-refractivity contribution in [3.05, 3.63) is 57.8 Å². The Morgan fingerprint density at radius 2 is 1.82 bits per heavy atom. The van der Waals surface area contributed by atoms with E-state index < -0.39 is 0 Å². The number of nitrogens with zero attached hydrogens (tertiary/aromatic N) is 3. The van der Waals surface area contributed by atoms with E-state index in [2.05, 4.69) is 4.98 Å². The lowest BCUT2D eigenvalue weighted by molar-refractivity contribution is -0.139. The van der Waals surface area contributed by atoms with Crippen LogP contribution in [-0.2, 0) is 9.53 Å². The van der Waals surface area contributed by atoms with Crippen LogP contribution in [0, 0.1) is 12.3 Å². The fourth-order valence-electron chi connectivity index (χ4n) is 4.46. The summed E-state index contributed by atoms with van der Waals surface area (Å²) in [4.78, 5) is 33.8. The molecule has 0 N–H and O–H groups in total. The number of hydrogen-bond acceptors (Lipinski definition) is 5. The van der Waals surface area contributed by atoms with E-state index in [9.17, 15) is 9.59 Å². The van der Waals surface area contributed by atoms with Gasteiger partial charge in [-0.15, -0.1) is 0 Å². The first-order chi connectivity index (χ1) is 16.4. The molecule has 4 rings (SSSR count). The van der Waals surface area contributed by atoms with Crippen LogP contribution in [0.4, 0.5) is 0 Å². The Balaban J connectivity index is 1.47. The number of morpholine rings is 1. The topological polar surface area (TPSA) is 72.0 Å². The molecular formula is C25H29Cl2N3O4. The number of aromatic nitrogens is 1. The van der Waals surface area contributed by atoms with Crippen molar-refractivity contribution >= 4 is 35.0 Å². The summed E-state index contributed by atoms with van der Waals surface area (Å²) in [7, 11) is 0. The van der Waals surface area contributed by atoms with E-state index in [0.29, 0.717) is 75.8 Å². The Labute approximate surface area is 209 Å². The number of piperidine rings is 1. The normalized spacial score (nSPS) is 18.0. The summed E-state index contributed by atoms with van der Waals surface area (Å²) in [5.41, 5.74) is 0.957. The van der Waals surface area contributed by atoms with Crippen LogP contribution in [0.25, 0.3) is 0 Å². The maximum absolute atomic E-state index is 13.2. The van der Waals surface area contributed by atoms with E-state index in [-0.39, 0.29) is 22.4 Å². The fourth-order valence-corrected chi connectivity index (χ4v) is 4.78. The van der Waals surface area contributed by atoms with Gasteiger partial charge in [0.2, 0.25) is 5.91 Å². The Morgan fingerprint density at radius 3 is 2.50 bits per heavy atom. The molecule has 1 aromatic carbocycles. The summed E-state index contributed by atoms with van der Waals surface area (Å²) in [6, 6.07) is 8.96. The second-order valence-corrected chi connectivity index (χ2v) is 9.77. The van der Waals surface area contributed by atoms with Crippen LogP contribution in [0.5, 0.6) is 5.75 Å². The highest BCUT2D eigenvalue weighted by Crippen LogP contribution is 2.37. The number of ether oxygens (including phenoxy) is 2. The summed E-state index contributed by atoms with van der Waals surface area (Å²) in [5, 5.41) is 0.888. The van der Waals surface area contributed by atoms with Gasteiger partial charge < -0.3 is 19.3 Å². The minimum Gasteiger partial charge on any atom is -0.493 e. The van der Waals surface area contributed by atoms with E-state index in [1.807, 2.05) is 30.0 Å². The predicted molar refractivity (Wildman–Crippen MR) is 131 cm³/mol. The van der Waals surface area contributed by atoms with Gasteiger partial charge in [-0.2, -0.15) is 0 Å². The molecule has 2 saturated heterocycles. The summed E-state index contributed by atoms with van der Waals surface area (Å²) in [6.45, 7) is 5.70. The molecule has 2 amide bonds. The highest BCUT2D eigenvalue weighted by atomic mass is 35.5. The van der Waals surface area contributed by atoms with Crippen molar-refractivity contribution in [2.45, 2.75) is 26.2 Å². The molecule has 2 fully saturated rings. The highest BCUT2D eigenvalue weighted by molar-refractivity contribution is 6.32. The maximum Gasteiger partial charge on any atom is 0.256 e. The molecule has 9 heteroatoms. The van der Waals surface area contributed by atoms with Crippen LogP contribution in [0.3, 0.4) is 0 Å². The number of hydrogen-bond donors (Lipinski definition) is 0. The van der Waals surface area contributed by atoms with Gasteiger partial charge in [0, 0.05) is 49.2 Å². The van der Waals surface area contributed by atoms with Gasteiger partial charge in [-0.25, -0.2) is 4.98 Å². The minimum absolute atomic E-state index is 0.106. The van der Waals surface area contributed by atoms with Gasteiger partial charge in [0.25, 0.3) is 5.91 Å². The van der Waals surface area contributed by atoms with E-state index in [0.717, 1.165) is 11.3 Å². The van der Waals surface area contributed by atoms with Crippen molar-refractivity contribution in [1.82, 2.24) is 14.8 Å². The molecular weight excluding hydrogens is 477 g/mol. The van der Waals surface area contributed by atoms with Crippen molar-refractivity contribution in [1.29, 1.82) is 0 Å². The third kappa shape index (κ3) is 5.82. The first-order valence-electron chi connectivity index (χ1n) is 11.5. The zero-order valence-electron chi connectivity index (χ0n) is 19.3. The van der Waals surface area contributed by atoms with E-state index in [4.69, 9.17) is 32.7 Å². The van der Waals surface area contributed by atoms with Gasteiger partial charge in [-0.05, 0) is 55.7 Å². The van der Waals surface area contributed by atoms with Crippen LogP contribution < -0.4 is 4.74 Å². The number of rotatable bonds is 6. The Kier molecular flexibility index (Phi) is 7.96. The second kappa shape index (κ2) is 10.9. The minimum atomic E-state index is -0.377. The molecule has 7 nitrogen and oxygen atoms in total. The van der Waals surface area contributed by atoms with Crippen molar-refractivity contribution < 1.29 is 19.1 Å². The molecule has 182 valence electrons. The molecule has 0 spiro atoms. The number of carbonyl (C=O) groups excluding carboxylic acids is 2. The Bertz CT molecular complexity index is 1030. The first kappa shape index (κ1) is 24.8. The molecule has 2 aliphatic heterocycles. The van der Waals surface area contributed by atoms with Crippen LogP contribution in [-0.4, -0.2) is 72.6 Å². The lowest BCUT2D eigenvalue weighted by Gasteiger charge is -2.42. The van der Waals surface area contributed by atoms with Crippen molar-refractivity contribution in [3.8, 4) is 5.75 Å². The molecule has 1 aromatic heterocycles. The monoisotopic (exact) mass is 505 g/mol. The number of benzene rings is 1. The molecule has 3 heterocycles. The number of likely N-dealkylation sites (tertiary alicyclic amines) is 1. The van der Waals surface area contributed by atoms with E-state index >= 15 is 0 Å². The van der Waals surface area contributed by atoms with Gasteiger partial charge in [-0.1, -0.05) is 23.2 Å². The maximum atomic E-state index is 13.2. The molecule has 0 unspecified atom stereocenters. The van der Waals surface area contributed by atoms with Crippen molar-refractivity contribution in [2.75, 3.05) is 46.0 Å². The van der Waals surface area contributed by atoms with Crippen LogP contribution in [0.2, 0.25) is 10.2 Å². The SMILES string of the molecule is Cc1cc(OCC2(CC(=O)N3CCOCC3)CCN(C(=O)c3cccnc3Cl)CC2)ccc1Cl. The lowest BCUT2D eigenvalue weighted by atomic mass is 9.75. The van der Waals surface area contributed by atoms with Gasteiger partial charge in [-0.3, -0.25) is 9.59 Å². The standard InChI is InChI=1S/C25H29Cl2N3O4/c1-18-15-19(4-5-21(18)26)34-17-25(16-22(31)29-11-13-33-14-12-29)6-9-30(10-7-25)24(32)20-3-2-8-28-23(20)27/h2-5,8,15H,6-7,9-14,16-17H2,1H3. The summed E-state index contributed by atoms with van der Waals surface area (Å²) in [6.07, 6.45) is 3.24. The Hall–Kier alpha value is -2.35. The Morgan fingerprint density at radius 1 is 1.09 bits per heavy atom. The first-order valence-corrected chi connectivity index (χ1v) is 12.3. The van der Waals surface area contributed by atoms with Crippen LogP contribution in [0.1, 0.15) is 35.2 Å². The third-order valence-electron chi connectivity index (χ3n) is 6.67. The molecule has 2 aromatic rings. The number of pyridine rings is 1. The average Bonchev–Trinajstić information content (AvgIpc) is 2.86. The van der Waals surface area contributed by atoms with E-state index in [1.54, 1.807) is 23.2 Å². The van der Waals surface area contributed by atoms with Gasteiger partial charge >= 0.3 is 0 Å². The highest BCUT2D eigenvalue weighted by Gasteiger charge is 2.40. The summed E-state index contributed by atoms with van der Waals surface area (Å²) < 4.78 is 11.6. The lowest BCUT2D eigenvalue weighted by Crippen LogP contribution is -2.49. The van der Waals surface area contributed by atoms with Crippen molar-refractivity contribution in [2.24, 2.45) is 5.41 Å². The van der Waals surface area contributed by atoms with Crippen molar-refractivity contribution in [3.63, 3.8) is 0 Å². The summed E-state index contributed by atoms with van der Waals surface area (Å²) in [5.74, 6) is 0.690. The number of amides is 2. The number of halogens is 2. The van der Waals surface area contributed by atoms with Crippen LogP contribution in [0.15, 0.2) is 36.5 Å². The molecule has 0 radical (unpaired) electrons. The smallest absolute Gasteiger partial charge is 0.256 e. The largest absolute Gasteiger partial charge is 0.493 e. The van der Waals surface area contributed by atoms with E-state index in [1.165, 1.54) is 0 Å². The number of aryl methyl sites for hydroxylation is 1. The van der Waals surface area contributed by atoms with Gasteiger partial charge in [0.15, 0.2) is 0 Å². The number of carbonyl (C=O) groups is 2. The molecule has 0 atom stereocenters. The third-order valence-corrected chi connectivity index (χ3v) is 7.39. The van der Waals surface area contributed by atoms with Gasteiger partial charge in [0.05, 0.1) is 25.4 Å². The average molecular weight is 506 g/mol. The second-order valence-electron chi connectivity index (χ2n) is 9.00.